The van der Waals surface area contributed by atoms with Crippen LogP contribution in [0.3, 0.4) is 0 Å². The van der Waals surface area contributed by atoms with Crippen LogP contribution in [0.5, 0.6) is 0 Å². The van der Waals surface area contributed by atoms with Crippen LogP contribution in [0, 0.1) is 17.2 Å². The first-order valence-corrected chi connectivity index (χ1v) is 8.80. The third kappa shape index (κ3) is 3.77. The molecule has 1 unspecified atom stereocenters. The smallest absolute Gasteiger partial charge is 0.253 e. The van der Waals surface area contributed by atoms with E-state index in [-0.39, 0.29) is 5.91 Å². The summed E-state index contributed by atoms with van der Waals surface area (Å²) < 4.78 is 5.44. The number of morpholine rings is 1. The summed E-state index contributed by atoms with van der Waals surface area (Å²) in [5.74, 6) is 0.683. The van der Waals surface area contributed by atoms with E-state index >= 15 is 0 Å². The molecule has 2 fully saturated rings. The van der Waals surface area contributed by atoms with Gasteiger partial charge in [0.25, 0.3) is 5.91 Å². The van der Waals surface area contributed by atoms with Gasteiger partial charge in [0.05, 0.1) is 24.8 Å². The standard InChI is InChI=1S/C19H25N3O2/c1-15(21-9-11-24-12-10-21)17-5-7-22(8-6-17)19(23)18-4-2-3-16(13-18)14-20/h2-4,13,15,17H,5-12H2,1H3. The number of hydrogen-bond acceptors (Lipinski definition) is 4. The van der Waals surface area contributed by atoms with E-state index in [0.717, 1.165) is 52.2 Å². The summed E-state index contributed by atoms with van der Waals surface area (Å²) in [6.45, 7) is 7.60. The van der Waals surface area contributed by atoms with Gasteiger partial charge in [-0.25, -0.2) is 0 Å². The summed E-state index contributed by atoms with van der Waals surface area (Å²) >= 11 is 0. The number of rotatable bonds is 3. The second-order valence-electron chi connectivity index (χ2n) is 6.71. The number of nitrogens with zero attached hydrogens (tertiary/aromatic N) is 3. The SMILES string of the molecule is CC(C1CCN(C(=O)c2cccc(C#N)c2)CC1)N1CCOCC1. The van der Waals surface area contributed by atoms with Crippen molar-refractivity contribution in [3.05, 3.63) is 35.4 Å². The monoisotopic (exact) mass is 327 g/mol. The Hall–Kier alpha value is -1.90. The minimum absolute atomic E-state index is 0.0459. The zero-order chi connectivity index (χ0) is 16.9. The molecule has 2 aliphatic rings. The molecule has 2 saturated heterocycles. The van der Waals surface area contributed by atoms with Crippen molar-refractivity contribution in [3.63, 3.8) is 0 Å². The quantitative estimate of drug-likeness (QED) is 0.853. The molecule has 5 heteroatoms. The lowest BCUT2D eigenvalue weighted by atomic mass is 9.89. The van der Waals surface area contributed by atoms with Gasteiger partial charge in [0.2, 0.25) is 0 Å². The fourth-order valence-electron chi connectivity index (χ4n) is 3.77. The van der Waals surface area contributed by atoms with Gasteiger partial charge in [-0.3, -0.25) is 9.69 Å². The number of nitriles is 1. The third-order valence-corrected chi connectivity index (χ3v) is 5.37. The Labute approximate surface area is 143 Å². The third-order valence-electron chi connectivity index (χ3n) is 5.37. The summed E-state index contributed by atoms with van der Waals surface area (Å²) in [4.78, 5) is 17.1. The molecule has 2 aliphatic heterocycles. The molecule has 5 nitrogen and oxygen atoms in total. The van der Waals surface area contributed by atoms with Gasteiger partial charge in [-0.2, -0.15) is 5.26 Å². The van der Waals surface area contributed by atoms with Crippen LogP contribution in [0.2, 0.25) is 0 Å². The van der Waals surface area contributed by atoms with Crippen LogP contribution >= 0.6 is 0 Å². The normalized spacial score (nSPS) is 21.2. The van der Waals surface area contributed by atoms with E-state index in [9.17, 15) is 4.79 Å². The molecule has 0 N–H and O–H groups in total. The minimum Gasteiger partial charge on any atom is -0.379 e. The summed E-state index contributed by atoms with van der Waals surface area (Å²) in [5.41, 5.74) is 1.16. The molecular formula is C19H25N3O2. The van der Waals surface area contributed by atoms with Gasteiger partial charge >= 0.3 is 0 Å². The number of carbonyl (C=O) groups is 1. The van der Waals surface area contributed by atoms with E-state index in [1.807, 2.05) is 4.90 Å². The summed E-state index contributed by atoms with van der Waals surface area (Å²) in [7, 11) is 0. The van der Waals surface area contributed by atoms with Crippen LogP contribution < -0.4 is 0 Å². The van der Waals surface area contributed by atoms with Gasteiger partial charge in [-0.1, -0.05) is 6.07 Å². The number of benzene rings is 1. The van der Waals surface area contributed by atoms with Crippen molar-refractivity contribution < 1.29 is 9.53 Å². The number of hydrogen-bond donors (Lipinski definition) is 0. The molecule has 0 aromatic heterocycles. The summed E-state index contributed by atoms with van der Waals surface area (Å²) in [6, 6.07) is 9.63. The Morgan fingerprint density at radius 1 is 1.25 bits per heavy atom. The zero-order valence-electron chi connectivity index (χ0n) is 14.3. The molecule has 0 radical (unpaired) electrons. The molecule has 0 spiro atoms. The number of likely N-dealkylation sites (tertiary alicyclic amines) is 1. The van der Waals surface area contributed by atoms with Crippen LogP contribution in [0.15, 0.2) is 24.3 Å². The number of piperidine rings is 1. The highest BCUT2D eigenvalue weighted by atomic mass is 16.5. The molecule has 24 heavy (non-hydrogen) atoms. The first-order valence-electron chi connectivity index (χ1n) is 8.80. The van der Waals surface area contributed by atoms with Gasteiger partial charge in [-0.05, 0) is 43.9 Å². The number of amides is 1. The van der Waals surface area contributed by atoms with E-state index in [0.29, 0.717) is 23.1 Å². The Morgan fingerprint density at radius 3 is 2.62 bits per heavy atom. The summed E-state index contributed by atoms with van der Waals surface area (Å²) in [6.07, 6.45) is 2.09. The minimum atomic E-state index is 0.0459. The topological polar surface area (TPSA) is 56.6 Å². The van der Waals surface area contributed by atoms with E-state index in [1.165, 1.54) is 0 Å². The molecule has 128 valence electrons. The lowest BCUT2D eigenvalue weighted by Gasteiger charge is -2.41. The average molecular weight is 327 g/mol. The first kappa shape index (κ1) is 16.9. The average Bonchev–Trinajstić information content (AvgIpc) is 2.67. The van der Waals surface area contributed by atoms with Gasteiger partial charge in [0.1, 0.15) is 0 Å². The second-order valence-corrected chi connectivity index (χ2v) is 6.71. The first-order chi connectivity index (χ1) is 11.7. The van der Waals surface area contributed by atoms with Crippen molar-refractivity contribution in [2.75, 3.05) is 39.4 Å². The Bertz CT molecular complexity index is 611. The molecule has 0 bridgehead atoms. The van der Waals surface area contributed by atoms with Crippen molar-refractivity contribution in [2.45, 2.75) is 25.8 Å². The van der Waals surface area contributed by atoms with Crippen LogP contribution in [0.4, 0.5) is 0 Å². The highest BCUT2D eigenvalue weighted by Gasteiger charge is 2.30. The van der Waals surface area contributed by atoms with Crippen LogP contribution in [-0.2, 0) is 4.74 Å². The van der Waals surface area contributed by atoms with Crippen molar-refractivity contribution in [2.24, 2.45) is 5.92 Å². The Morgan fingerprint density at radius 2 is 1.96 bits per heavy atom. The highest BCUT2D eigenvalue weighted by Crippen LogP contribution is 2.25. The fraction of sp³-hybridized carbons (Fsp3) is 0.579. The zero-order valence-corrected chi connectivity index (χ0v) is 14.3. The number of carbonyl (C=O) groups excluding carboxylic acids is 1. The molecule has 1 atom stereocenters. The second kappa shape index (κ2) is 7.78. The lowest BCUT2D eigenvalue weighted by Crippen LogP contribution is -2.49. The van der Waals surface area contributed by atoms with E-state index in [4.69, 9.17) is 10.00 Å². The maximum absolute atomic E-state index is 12.6. The van der Waals surface area contributed by atoms with Gasteiger partial charge in [0.15, 0.2) is 0 Å². The van der Waals surface area contributed by atoms with Crippen molar-refractivity contribution >= 4 is 5.91 Å². The van der Waals surface area contributed by atoms with Crippen LogP contribution in [0.1, 0.15) is 35.7 Å². The molecule has 3 rings (SSSR count). The largest absolute Gasteiger partial charge is 0.379 e. The van der Waals surface area contributed by atoms with Crippen LogP contribution in [0.25, 0.3) is 0 Å². The van der Waals surface area contributed by atoms with E-state index in [1.54, 1.807) is 24.3 Å². The predicted molar refractivity (Wildman–Crippen MR) is 91.6 cm³/mol. The van der Waals surface area contributed by atoms with Gasteiger partial charge < -0.3 is 9.64 Å². The predicted octanol–water partition coefficient (Wildman–Crippen LogP) is 2.13. The molecule has 1 amide bonds. The summed E-state index contributed by atoms with van der Waals surface area (Å²) in [5, 5.41) is 8.99. The molecular weight excluding hydrogens is 302 g/mol. The highest BCUT2D eigenvalue weighted by molar-refractivity contribution is 5.94. The fourth-order valence-corrected chi connectivity index (χ4v) is 3.77. The maximum Gasteiger partial charge on any atom is 0.253 e. The molecule has 0 saturated carbocycles. The molecule has 2 heterocycles. The van der Waals surface area contributed by atoms with Gasteiger partial charge in [0, 0.05) is 37.8 Å². The Balaban J connectivity index is 1.56. The van der Waals surface area contributed by atoms with Crippen molar-refractivity contribution in [3.8, 4) is 6.07 Å². The Kier molecular flexibility index (Phi) is 5.49. The lowest BCUT2D eigenvalue weighted by molar-refractivity contribution is -0.000951. The molecule has 1 aromatic carbocycles. The van der Waals surface area contributed by atoms with Crippen LogP contribution in [-0.4, -0.2) is 61.1 Å². The molecule has 1 aromatic rings. The molecule has 0 aliphatic carbocycles. The van der Waals surface area contributed by atoms with Crippen molar-refractivity contribution in [1.82, 2.24) is 9.80 Å². The van der Waals surface area contributed by atoms with Crippen molar-refractivity contribution in [1.29, 1.82) is 5.26 Å². The number of ether oxygens (including phenoxy) is 1. The maximum atomic E-state index is 12.6. The van der Waals surface area contributed by atoms with E-state index < -0.39 is 0 Å². The van der Waals surface area contributed by atoms with E-state index in [2.05, 4.69) is 17.9 Å². The van der Waals surface area contributed by atoms with Gasteiger partial charge in [-0.15, -0.1) is 0 Å².